The van der Waals surface area contributed by atoms with Crippen molar-refractivity contribution in [2.45, 2.75) is 38.6 Å². The van der Waals surface area contributed by atoms with Gasteiger partial charge < -0.3 is 5.32 Å². The van der Waals surface area contributed by atoms with Gasteiger partial charge in [-0.05, 0) is 90.2 Å². The second kappa shape index (κ2) is 9.15. The maximum Gasteiger partial charge on any atom is 0.0270 e. The SMILES string of the molecule is CCCNC(CCc1ccncc1)Cc1ccc(I)cc1. The standard InChI is InChI=1S/C18H23IN2/c1-2-11-21-18(8-5-15-9-12-20-13-10-15)14-16-3-6-17(19)7-4-16/h3-4,6-7,9-10,12-13,18,21H,2,5,8,11,14H2,1H3. The van der Waals surface area contributed by atoms with Crippen LogP contribution in [0.4, 0.5) is 0 Å². The Morgan fingerprint density at radius 3 is 2.43 bits per heavy atom. The second-order valence-corrected chi connectivity index (χ2v) is 6.62. The third-order valence-corrected chi connectivity index (χ3v) is 4.33. The van der Waals surface area contributed by atoms with Gasteiger partial charge in [-0.2, -0.15) is 0 Å². The lowest BCUT2D eigenvalue weighted by molar-refractivity contribution is 0.477. The molecule has 0 aliphatic carbocycles. The number of hydrogen-bond donors (Lipinski definition) is 1. The smallest absolute Gasteiger partial charge is 0.0270 e. The largest absolute Gasteiger partial charge is 0.314 e. The zero-order chi connectivity index (χ0) is 14.9. The third kappa shape index (κ3) is 6.14. The number of rotatable bonds is 8. The van der Waals surface area contributed by atoms with Crippen LogP contribution in [0.5, 0.6) is 0 Å². The fraction of sp³-hybridized carbons (Fsp3) is 0.389. The van der Waals surface area contributed by atoms with E-state index in [-0.39, 0.29) is 0 Å². The van der Waals surface area contributed by atoms with E-state index in [0.29, 0.717) is 6.04 Å². The number of halogens is 1. The fourth-order valence-electron chi connectivity index (χ4n) is 2.42. The molecule has 2 rings (SSSR count). The summed E-state index contributed by atoms with van der Waals surface area (Å²) < 4.78 is 1.30. The molecule has 0 aliphatic heterocycles. The quantitative estimate of drug-likeness (QED) is 0.678. The Bertz CT molecular complexity index is 511. The van der Waals surface area contributed by atoms with Crippen LogP contribution in [0.3, 0.4) is 0 Å². The maximum atomic E-state index is 4.08. The predicted octanol–water partition coefficient (Wildman–Crippen LogP) is 4.23. The minimum atomic E-state index is 0.540. The number of aromatic nitrogens is 1. The van der Waals surface area contributed by atoms with Gasteiger partial charge in [0.1, 0.15) is 0 Å². The lowest BCUT2D eigenvalue weighted by Gasteiger charge is -2.19. The third-order valence-electron chi connectivity index (χ3n) is 3.61. The molecule has 0 fully saturated rings. The lowest BCUT2D eigenvalue weighted by Crippen LogP contribution is -2.32. The summed E-state index contributed by atoms with van der Waals surface area (Å²) in [4.78, 5) is 4.08. The van der Waals surface area contributed by atoms with E-state index >= 15 is 0 Å². The summed E-state index contributed by atoms with van der Waals surface area (Å²) in [6.45, 7) is 3.31. The van der Waals surface area contributed by atoms with Gasteiger partial charge >= 0.3 is 0 Å². The molecular formula is C18H23IN2. The van der Waals surface area contributed by atoms with Crippen molar-refractivity contribution in [3.05, 3.63) is 63.5 Å². The lowest BCUT2D eigenvalue weighted by atomic mass is 9.99. The van der Waals surface area contributed by atoms with Gasteiger partial charge in [0.05, 0.1) is 0 Å². The molecular weight excluding hydrogens is 371 g/mol. The van der Waals surface area contributed by atoms with Gasteiger partial charge in [0, 0.05) is 22.0 Å². The molecule has 1 aromatic heterocycles. The molecule has 0 amide bonds. The summed E-state index contributed by atoms with van der Waals surface area (Å²) in [5.41, 5.74) is 2.79. The highest BCUT2D eigenvalue weighted by Crippen LogP contribution is 2.12. The summed E-state index contributed by atoms with van der Waals surface area (Å²) in [5.74, 6) is 0. The monoisotopic (exact) mass is 394 g/mol. The van der Waals surface area contributed by atoms with Gasteiger partial charge in [-0.15, -0.1) is 0 Å². The van der Waals surface area contributed by atoms with Crippen LogP contribution in [0.1, 0.15) is 30.9 Å². The summed E-state index contributed by atoms with van der Waals surface area (Å²) in [7, 11) is 0. The number of nitrogens with zero attached hydrogens (tertiary/aromatic N) is 1. The van der Waals surface area contributed by atoms with E-state index in [1.807, 2.05) is 12.4 Å². The summed E-state index contributed by atoms with van der Waals surface area (Å²) in [6, 6.07) is 13.6. The molecule has 0 saturated carbocycles. The molecule has 0 bridgehead atoms. The highest BCUT2D eigenvalue weighted by molar-refractivity contribution is 14.1. The van der Waals surface area contributed by atoms with Gasteiger partial charge in [-0.25, -0.2) is 0 Å². The Kier molecular flexibility index (Phi) is 7.16. The van der Waals surface area contributed by atoms with Gasteiger partial charge in [0.15, 0.2) is 0 Å². The molecule has 1 N–H and O–H groups in total. The average molecular weight is 394 g/mol. The maximum absolute atomic E-state index is 4.08. The average Bonchev–Trinajstić information content (AvgIpc) is 2.53. The van der Waals surface area contributed by atoms with Crippen molar-refractivity contribution in [1.82, 2.24) is 10.3 Å². The van der Waals surface area contributed by atoms with E-state index in [1.54, 1.807) is 0 Å². The fourth-order valence-corrected chi connectivity index (χ4v) is 2.78. The molecule has 0 radical (unpaired) electrons. The second-order valence-electron chi connectivity index (χ2n) is 5.38. The molecule has 112 valence electrons. The molecule has 0 aliphatic rings. The van der Waals surface area contributed by atoms with Gasteiger partial charge in [-0.1, -0.05) is 19.1 Å². The summed E-state index contributed by atoms with van der Waals surface area (Å²) in [6.07, 6.45) is 8.30. The molecule has 2 nitrogen and oxygen atoms in total. The Labute approximate surface area is 141 Å². The number of aryl methyl sites for hydroxylation is 1. The minimum absolute atomic E-state index is 0.540. The molecule has 0 spiro atoms. The molecule has 21 heavy (non-hydrogen) atoms. The number of nitrogens with one attached hydrogen (secondary N) is 1. The van der Waals surface area contributed by atoms with Crippen LogP contribution < -0.4 is 5.32 Å². The summed E-state index contributed by atoms with van der Waals surface area (Å²) >= 11 is 2.36. The first-order chi connectivity index (χ1) is 10.3. The van der Waals surface area contributed by atoms with Gasteiger partial charge in [-0.3, -0.25) is 4.98 Å². The van der Waals surface area contributed by atoms with Crippen LogP contribution >= 0.6 is 22.6 Å². The highest BCUT2D eigenvalue weighted by Gasteiger charge is 2.09. The highest BCUT2D eigenvalue weighted by atomic mass is 127. The van der Waals surface area contributed by atoms with Crippen molar-refractivity contribution in [2.24, 2.45) is 0 Å². The summed E-state index contributed by atoms with van der Waals surface area (Å²) in [5, 5.41) is 3.69. The van der Waals surface area contributed by atoms with Crippen molar-refractivity contribution < 1.29 is 0 Å². The van der Waals surface area contributed by atoms with E-state index in [0.717, 1.165) is 25.8 Å². The van der Waals surface area contributed by atoms with Crippen molar-refractivity contribution in [2.75, 3.05) is 6.54 Å². The Hall–Kier alpha value is -0.940. The van der Waals surface area contributed by atoms with Gasteiger partial charge in [0.25, 0.3) is 0 Å². The van der Waals surface area contributed by atoms with E-state index in [9.17, 15) is 0 Å². The van der Waals surface area contributed by atoms with Crippen molar-refractivity contribution >= 4 is 22.6 Å². The molecule has 2 aromatic rings. The van der Waals surface area contributed by atoms with E-state index in [4.69, 9.17) is 0 Å². The normalized spacial score (nSPS) is 12.3. The molecule has 1 heterocycles. The zero-order valence-corrected chi connectivity index (χ0v) is 14.7. The van der Waals surface area contributed by atoms with Crippen molar-refractivity contribution in [3.63, 3.8) is 0 Å². The molecule has 3 heteroatoms. The first-order valence-electron chi connectivity index (χ1n) is 7.64. The van der Waals surface area contributed by atoms with Crippen LogP contribution in [0.15, 0.2) is 48.8 Å². The first-order valence-corrected chi connectivity index (χ1v) is 8.72. The van der Waals surface area contributed by atoms with E-state index in [1.165, 1.54) is 21.1 Å². The molecule has 1 aromatic carbocycles. The van der Waals surface area contributed by atoms with E-state index < -0.39 is 0 Å². The van der Waals surface area contributed by atoms with Gasteiger partial charge in [0.2, 0.25) is 0 Å². The van der Waals surface area contributed by atoms with Crippen molar-refractivity contribution in [1.29, 1.82) is 0 Å². The Morgan fingerprint density at radius 2 is 1.76 bits per heavy atom. The van der Waals surface area contributed by atoms with Crippen LogP contribution in [0, 0.1) is 3.57 Å². The Morgan fingerprint density at radius 1 is 1.05 bits per heavy atom. The minimum Gasteiger partial charge on any atom is -0.314 e. The number of pyridine rings is 1. The predicted molar refractivity (Wildman–Crippen MR) is 97.5 cm³/mol. The Balaban J connectivity index is 1.92. The van der Waals surface area contributed by atoms with E-state index in [2.05, 4.69) is 76.2 Å². The van der Waals surface area contributed by atoms with Crippen LogP contribution in [0.2, 0.25) is 0 Å². The number of hydrogen-bond acceptors (Lipinski definition) is 2. The number of benzene rings is 1. The first kappa shape index (κ1) is 16.4. The van der Waals surface area contributed by atoms with Crippen LogP contribution in [0.25, 0.3) is 0 Å². The molecule has 1 unspecified atom stereocenters. The molecule has 0 saturated heterocycles. The molecule has 1 atom stereocenters. The topological polar surface area (TPSA) is 24.9 Å². The zero-order valence-electron chi connectivity index (χ0n) is 12.6. The van der Waals surface area contributed by atoms with Crippen LogP contribution in [-0.4, -0.2) is 17.6 Å². The van der Waals surface area contributed by atoms with Crippen molar-refractivity contribution in [3.8, 4) is 0 Å². The van der Waals surface area contributed by atoms with Crippen LogP contribution in [-0.2, 0) is 12.8 Å².